The molecule has 0 radical (unpaired) electrons. The van der Waals surface area contributed by atoms with Crippen LogP contribution in [-0.4, -0.2) is 21.9 Å². The van der Waals surface area contributed by atoms with Gasteiger partial charge in [-0.15, -0.1) is 0 Å². The van der Waals surface area contributed by atoms with Gasteiger partial charge in [0.15, 0.2) is 0 Å². The van der Waals surface area contributed by atoms with Crippen LogP contribution in [0.5, 0.6) is 0 Å². The molecule has 2 heteroatoms. The quantitative estimate of drug-likeness (QED) is 0.729. The van der Waals surface area contributed by atoms with Crippen LogP contribution >= 0.6 is 0 Å². The lowest BCUT2D eigenvalue weighted by atomic mass is 9.75. The number of hydrogen-bond acceptors (Lipinski definition) is 2. The van der Waals surface area contributed by atoms with E-state index < -0.39 is 11.7 Å². The third-order valence-electron chi connectivity index (χ3n) is 4.01. The zero-order chi connectivity index (χ0) is 10.2. The van der Waals surface area contributed by atoms with Crippen LogP contribution in [-0.2, 0) is 0 Å². The minimum atomic E-state index is -0.755. The summed E-state index contributed by atoms with van der Waals surface area (Å²) in [5.41, 5.74) is -0.755. The molecule has 1 atom stereocenters. The van der Waals surface area contributed by atoms with Crippen molar-refractivity contribution in [2.75, 3.05) is 0 Å². The van der Waals surface area contributed by atoms with Gasteiger partial charge in [0.1, 0.15) is 0 Å². The predicted octanol–water partition coefficient (Wildman–Crippen LogP) is 2.09. The first-order valence-electron chi connectivity index (χ1n) is 6.00. The van der Waals surface area contributed by atoms with Crippen molar-refractivity contribution >= 4 is 0 Å². The molecule has 1 unspecified atom stereocenters. The molecule has 2 saturated carbocycles. The van der Waals surface area contributed by atoms with Crippen LogP contribution in [0.3, 0.4) is 0 Å². The molecule has 2 rings (SSSR count). The molecule has 0 aromatic heterocycles. The molecule has 0 aliphatic heterocycles. The summed E-state index contributed by atoms with van der Waals surface area (Å²) in [7, 11) is 0. The Labute approximate surface area is 86.3 Å². The zero-order valence-electron chi connectivity index (χ0n) is 9.08. The molecule has 2 aliphatic carbocycles. The van der Waals surface area contributed by atoms with Crippen LogP contribution in [0.15, 0.2) is 0 Å². The highest BCUT2D eigenvalue weighted by Crippen LogP contribution is 2.40. The summed E-state index contributed by atoms with van der Waals surface area (Å²) in [5.74, 6) is 1.43. The van der Waals surface area contributed by atoms with Gasteiger partial charge < -0.3 is 10.2 Å². The third kappa shape index (κ3) is 2.29. The number of aliphatic hydroxyl groups excluding tert-OH is 1. The lowest BCUT2D eigenvalue weighted by molar-refractivity contribution is -0.107. The van der Waals surface area contributed by atoms with Crippen molar-refractivity contribution in [1.82, 2.24) is 0 Å². The van der Waals surface area contributed by atoms with Gasteiger partial charge in [0.2, 0.25) is 0 Å². The normalized spacial score (nSPS) is 40.9. The van der Waals surface area contributed by atoms with Crippen molar-refractivity contribution in [3.63, 3.8) is 0 Å². The molecule has 0 amide bonds. The maximum atomic E-state index is 10.3. The van der Waals surface area contributed by atoms with E-state index in [-0.39, 0.29) is 0 Å². The molecule has 0 aromatic carbocycles. The highest BCUT2D eigenvalue weighted by molar-refractivity contribution is 4.93. The lowest BCUT2D eigenvalue weighted by Gasteiger charge is -2.38. The zero-order valence-corrected chi connectivity index (χ0v) is 9.08. The molecule has 2 fully saturated rings. The fourth-order valence-corrected chi connectivity index (χ4v) is 2.48. The van der Waals surface area contributed by atoms with Crippen molar-refractivity contribution < 1.29 is 10.2 Å². The van der Waals surface area contributed by atoms with Crippen LogP contribution in [0, 0.1) is 11.8 Å². The largest absolute Gasteiger partial charge is 0.390 e. The molecular formula is C12H22O2. The summed E-state index contributed by atoms with van der Waals surface area (Å²) in [5, 5.41) is 20.3. The predicted molar refractivity (Wildman–Crippen MR) is 55.9 cm³/mol. The number of rotatable bonds is 3. The van der Waals surface area contributed by atoms with Crippen LogP contribution < -0.4 is 0 Å². The van der Waals surface area contributed by atoms with Crippen molar-refractivity contribution in [2.24, 2.45) is 11.8 Å². The maximum Gasteiger partial charge on any atom is 0.0905 e. The Morgan fingerprint density at radius 2 is 1.79 bits per heavy atom. The Balaban J connectivity index is 1.86. The van der Waals surface area contributed by atoms with Crippen molar-refractivity contribution in [2.45, 2.75) is 63.6 Å². The van der Waals surface area contributed by atoms with Crippen LogP contribution in [0.25, 0.3) is 0 Å². The van der Waals surface area contributed by atoms with Crippen LogP contribution in [0.2, 0.25) is 0 Å². The Hall–Kier alpha value is -0.0800. The second-order valence-corrected chi connectivity index (χ2v) is 5.48. The molecule has 0 heterocycles. The highest BCUT2D eigenvalue weighted by atomic mass is 16.3. The van der Waals surface area contributed by atoms with Crippen molar-refractivity contribution in [3.8, 4) is 0 Å². The molecule has 2 N–H and O–H groups in total. The van der Waals surface area contributed by atoms with Crippen LogP contribution in [0.1, 0.15) is 51.9 Å². The molecular weight excluding hydrogens is 176 g/mol. The van der Waals surface area contributed by atoms with Crippen molar-refractivity contribution in [3.05, 3.63) is 0 Å². The average Bonchev–Trinajstić information content (AvgIpc) is 2.94. The molecule has 0 saturated heterocycles. The fraction of sp³-hybridized carbons (Fsp3) is 1.00. The minimum absolute atomic E-state index is 0.470. The Morgan fingerprint density at radius 3 is 2.29 bits per heavy atom. The summed E-state index contributed by atoms with van der Waals surface area (Å²) in [6.45, 7) is 2.23. The molecule has 0 aromatic rings. The second-order valence-electron chi connectivity index (χ2n) is 5.48. The first-order chi connectivity index (χ1) is 6.60. The van der Waals surface area contributed by atoms with E-state index in [0.29, 0.717) is 5.92 Å². The molecule has 0 bridgehead atoms. The van der Waals surface area contributed by atoms with E-state index in [2.05, 4.69) is 6.92 Å². The van der Waals surface area contributed by atoms with E-state index in [1.165, 1.54) is 12.8 Å². The van der Waals surface area contributed by atoms with E-state index in [0.717, 1.165) is 38.0 Å². The molecule has 82 valence electrons. The second kappa shape index (κ2) is 3.82. The van der Waals surface area contributed by atoms with Gasteiger partial charge in [0.05, 0.1) is 11.7 Å². The standard InChI is InChI=1S/C12H22O2/c1-9-4-6-12(14,7-5-9)11(13)8-10-2-3-10/h9-11,13-14H,2-8H2,1H3. The first kappa shape index (κ1) is 10.4. The molecule has 2 nitrogen and oxygen atoms in total. The van der Waals surface area contributed by atoms with Gasteiger partial charge in [-0.2, -0.15) is 0 Å². The van der Waals surface area contributed by atoms with E-state index in [1.807, 2.05) is 0 Å². The summed E-state index contributed by atoms with van der Waals surface area (Å²) >= 11 is 0. The smallest absolute Gasteiger partial charge is 0.0905 e. The van der Waals surface area contributed by atoms with E-state index in [9.17, 15) is 10.2 Å². The SMILES string of the molecule is CC1CCC(O)(C(O)CC2CC2)CC1. The summed E-state index contributed by atoms with van der Waals surface area (Å²) in [6, 6.07) is 0. The average molecular weight is 198 g/mol. The number of aliphatic hydroxyl groups is 2. The monoisotopic (exact) mass is 198 g/mol. The van der Waals surface area contributed by atoms with Crippen molar-refractivity contribution in [1.29, 1.82) is 0 Å². The van der Waals surface area contributed by atoms with Gasteiger partial charge in [-0.1, -0.05) is 19.8 Å². The molecule has 0 spiro atoms. The van der Waals surface area contributed by atoms with Gasteiger partial charge in [0, 0.05) is 0 Å². The van der Waals surface area contributed by atoms with Gasteiger partial charge in [-0.25, -0.2) is 0 Å². The fourth-order valence-electron chi connectivity index (χ4n) is 2.48. The summed E-state index contributed by atoms with van der Waals surface area (Å²) in [4.78, 5) is 0. The highest BCUT2D eigenvalue weighted by Gasteiger charge is 2.40. The summed E-state index contributed by atoms with van der Waals surface area (Å²) in [6.07, 6.45) is 6.58. The van der Waals surface area contributed by atoms with E-state index in [4.69, 9.17) is 0 Å². The van der Waals surface area contributed by atoms with Gasteiger partial charge in [-0.3, -0.25) is 0 Å². The van der Waals surface area contributed by atoms with Gasteiger partial charge in [0.25, 0.3) is 0 Å². The molecule has 14 heavy (non-hydrogen) atoms. The topological polar surface area (TPSA) is 40.5 Å². The third-order valence-corrected chi connectivity index (χ3v) is 4.01. The van der Waals surface area contributed by atoms with Gasteiger partial charge in [-0.05, 0) is 43.9 Å². The number of hydrogen-bond donors (Lipinski definition) is 2. The maximum absolute atomic E-state index is 10.3. The Kier molecular flexibility index (Phi) is 2.85. The lowest BCUT2D eigenvalue weighted by Crippen LogP contribution is -2.45. The van der Waals surface area contributed by atoms with E-state index in [1.54, 1.807) is 0 Å². The first-order valence-corrected chi connectivity index (χ1v) is 6.00. The minimum Gasteiger partial charge on any atom is -0.390 e. The van der Waals surface area contributed by atoms with Gasteiger partial charge >= 0.3 is 0 Å². The summed E-state index contributed by atoms with van der Waals surface area (Å²) < 4.78 is 0. The molecule has 2 aliphatic rings. The van der Waals surface area contributed by atoms with Crippen LogP contribution in [0.4, 0.5) is 0 Å². The Bertz CT molecular complexity index is 190. The van der Waals surface area contributed by atoms with E-state index >= 15 is 0 Å². The Morgan fingerprint density at radius 1 is 1.21 bits per heavy atom.